The lowest BCUT2D eigenvalue weighted by Crippen LogP contribution is -2.45. The van der Waals surface area contributed by atoms with Crippen LogP contribution >= 0.6 is 0 Å². The van der Waals surface area contributed by atoms with Crippen molar-refractivity contribution in [3.8, 4) is 11.5 Å². The first kappa shape index (κ1) is 22.1. The Morgan fingerprint density at radius 1 is 1.12 bits per heavy atom. The minimum absolute atomic E-state index is 0.0107. The van der Waals surface area contributed by atoms with E-state index in [-0.39, 0.29) is 25.0 Å². The van der Waals surface area contributed by atoms with E-state index in [0.717, 1.165) is 49.7 Å². The molecule has 0 atom stereocenters. The van der Waals surface area contributed by atoms with Gasteiger partial charge in [-0.25, -0.2) is 0 Å². The smallest absolute Gasteiger partial charge is 0.265 e. The lowest BCUT2D eigenvalue weighted by atomic mass is 10.1. The second kappa shape index (κ2) is 10.0. The van der Waals surface area contributed by atoms with Gasteiger partial charge in [-0.3, -0.25) is 14.5 Å². The number of amides is 2. The molecule has 32 heavy (non-hydrogen) atoms. The van der Waals surface area contributed by atoms with Crippen molar-refractivity contribution in [1.82, 2.24) is 4.90 Å². The van der Waals surface area contributed by atoms with Crippen LogP contribution in [0.3, 0.4) is 0 Å². The topological polar surface area (TPSA) is 80.3 Å². The van der Waals surface area contributed by atoms with Crippen LogP contribution < -0.4 is 19.7 Å². The standard InChI is InChI=1S/C24H29N3O5/c1-17-4-3-5-21(18(17)2)31-15-23(28)25-19-6-7-20-22(14-19)32-16-24(29)27(20)9-8-26-10-12-30-13-11-26/h3-7,14H,8-13,15-16H2,1-2H3,(H,25,28). The number of carbonyl (C=O) groups excluding carboxylic acids is 2. The zero-order valence-electron chi connectivity index (χ0n) is 18.6. The van der Waals surface area contributed by atoms with Gasteiger partial charge in [-0.05, 0) is 43.2 Å². The Kier molecular flexibility index (Phi) is 6.92. The summed E-state index contributed by atoms with van der Waals surface area (Å²) < 4.78 is 16.7. The van der Waals surface area contributed by atoms with Crippen molar-refractivity contribution in [2.45, 2.75) is 13.8 Å². The highest BCUT2D eigenvalue weighted by Crippen LogP contribution is 2.34. The molecule has 0 spiro atoms. The molecule has 0 saturated carbocycles. The van der Waals surface area contributed by atoms with E-state index < -0.39 is 0 Å². The van der Waals surface area contributed by atoms with Crippen molar-refractivity contribution in [1.29, 1.82) is 0 Å². The Balaban J connectivity index is 1.36. The average molecular weight is 440 g/mol. The van der Waals surface area contributed by atoms with E-state index in [1.807, 2.05) is 38.1 Å². The summed E-state index contributed by atoms with van der Waals surface area (Å²) in [5.41, 5.74) is 3.45. The number of ether oxygens (including phenoxy) is 3. The number of anilines is 2. The SMILES string of the molecule is Cc1cccc(OCC(=O)Nc2ccc3c(c2)OCC(=O)N3CCN2CCOCC2)c1C. The van der Waals surface area contributed by atoms with Crippen LogP contribution in [-0.2, 0) is 14.3 Å². The number of nitrogens with one attached hydrogen (secondary N) is 1. The molecule has 2 aliphatic heterocycles. The molecule has 1 saturated heterocycles. The molecule has 8 nitrogen and oxygen atoms in total. The van der Waals surface area contributed by atoms with Gasteiger partial charge in [-0.2, -0.15) is 0 Å². The van der Waals surface area contributed by atoms with Gasteiger partial charge in [-0.15, -0.1) is 0 Å². The number of aryl methyl sites for hydroxylation is 1. The Morgan fingerprint density at radius 2 is 1.94 bits per heavy atom. The minimum atomic E-state index is -0.262. The van der Waals surface area contributed by atoms with Gasteiger partial charge in [0.05, 0.1) is 18.9 Å². The molecule has 0 aromatic heterocycles. The molecular formula is C24H29N3O5. The van der Waals surface area contributed by atoms with Crippen LogP contribution in [0.1, 0.15) is 11.1 Å². The maximum absolute atomic E-state index is 12.4. The minimum Gasteiger partial charge on any atom is -0.483 e. The first-order valence-electron chi connectivity index (χ1n) is 10.9. The molecule has 2 aromatic rings. The Morgan fingerprint density at radius 3 is 2.75 bits per heavy atom. The van der Waals surface area contributed by atoms with Crippen molar-refractivity contribution in [3.63, 3.8) is 0 Å². The van der Waals surface area contributed by atoms with Crippen molar-refractivity contribution in [2.24, 2.45) is 0 Å². The summed E-state index contributed by atoms with van der Waals surface area (Å²) in [6.07, 6.45) is 0. The molecule has 1 fully saturated rings. The molecule has 0 aliphatic carbocycles. The Bertz CT molecular complexity index is 988. The fourth-order valence-electron chi connectivity index (χ4n) is 3.81. The molecule has 2 aromatic carbocycles. The van der Waals surface area contributed by atoms with Crippen molar-refractivity contribution in [2.75, 3.05) is 62.8 Å². The van der Waals surface area contributed by atoms with E-state index in [2.05, 4.69) is 10.2 Å². The maximum atomic E-state index is 12.4. The van der Waals surface area contributed by atoms with Gasteiger partial charge >= 0.3 is 0 Å². The molecule has 4 rings (SSSR count). The highest BCUT2D eigenvalue weighted by molar-refractivity contribution is 5.99. The van der Waals surface area contributed by atoms with Gasteiger partial charge in [0, 0.05) is 37.9 Å². The van der Waals surface area contributed by atoms with Gasteiger partial charge in [0.2, 0.25) is 0 Å². The lowest BCUT2D eigenvalue weighted by molar-refractivity contribution is -0.121. The zero-order valence-corrected chi connectivity index (χ0v) is 18.6. The first-order valence-corrected chi connectivity index (χ1v) is 10.9. The number of rotatable bonds is 7. The van der Waals surface area contributed by atoms with Gasteiger partial charge in [0.25, 0.3) is 11.8 Å². The van der Waals surface area contributed by atoms with Gasteiger partial charge in [0.1, 0.15) is 11.5 Å². The van der Waals surface area contributed by atoms with Crippen LogP contribution in [-0.4, -0.2) is 69.3 Å². The first-order chi connectivity index (χ1) is 15.5. The number of benzene rings is 2. The third-order valence-electron chi connectivity index (χ3n) is 5.84. The second-order valence-electron chi connectivity index (χ2n) is 8.01. The van der Waals surface area contributed by atoms with Gasteiger partial charge in [-0.1, -0.05) is 12.1 Å². The van der Waals surface area contributed by atoms with Crippen molar-refractivity contribution >= 4 is 23.2 Å². The van der Waals surface area contributed by atoms with E-state index >= 15 is 0 Å². The van der Waals surface area contributed by atoms with Gasteiger partial charge < -0.3 is 24.4 Å². The fraction of sp³-hybridized carbons (Fsp3) is 0.417. The summed E-state index contributed by atoms with van der Waals surface area (Å²) in [4.78, 5) is 28.9. The van der Waals surface area contributed by atoms with Crippen molar-refractivity contribution in [3.05, 3.63) is 47.5 Å². The van der Waals surface area contributed by atoms with E-state index in [4.69, 9.17) is 14.2 Å². The third-order valence-corrected chi connectivity index (χ3v) is 5.84. The van der Waals surface area contributed by atoms with E-state index in [1.54, 1.807) is 17.0 Å². The number of hydrogen-bond donors (Lipinski definition) is 1. The van der Waals surface area contributed by atoms with Crippen LogP contribution in [0.25, 0.3) is 0 Å². The molecule has 8 heteroatoms. The molecule has 170 valence electrons. The lowest BCUT2D eigenvalue weighted by Gasteiger charge is -2.33. The Labute approximate surface area is 188 Å². The average Bonchev–Trinajstić information content (AvgIpc) is 2.80. The third kappa shape index (κ3) is 5.20. The molecule has 2 heterocycles. The summed E-state index contributed by atoms with van der Waals surface area (Å²) in [5.74, 6) is 0.953. The van der Waals surface area contributed by atoms with E-state index in [1.165, 1.54) is 0 Å². The predicted molar refractivity (Wildman–Crippen MR) is 122 cm³/mol. The highest BCUT2D eigenvalue weighted by Gasteiger charge is 2.26. The summed E-state index contributed by atoms with van der Waals surface area (Å²) in [7, 11) is 0. The molecule has 0 bridgehead atoms. The number of morpholine rings is 1. The fourth-order valence-corrected chi connectivity index (χ4v) is 3.81. The molecule has 1 N–H and O–H groups in total. The number of nitrogens with zero attached hydrogens (tertiary/aromatic N) is 2. The number of hydrogen-bond acceptors (Lipinski definition) is 6. The van der Waals surface area contributed by atoms with Crippen LogP contribution in [0.2, 0.25) is 0 Å². The van der Waals surface area contributed by atoms with Crippen LogP contribution in [0.4, 0.5) is 11.4 Å². The molecular weight excluding hydrogens is 410 g/mol. The van der Waals surface area contributed by atoms with Gasteiger partial charge in [0.15, 0.2) is 13.2 Å². The quantitative estimate of drug-likeness (QED) is 0.714. The van der Waals surface area contributed by atoms with Crippen LogP contribution in [0.5, 0.6) is 11.5 Å². The van der Waals surface area contributed by atoms with Crippen LogP contribution in [0.15, 0.2) is 36.4 Å². The molecule has 0 radical (unpaired) electrons. The predicted octanol–water partition coefficient (Wildman–Crippen LogP) is 2.38. The van der Waals surface area contributed by atoms with Crippen molar-refractivity contribution < 1.29 is 23.8 Å². The normalized spacial score (nSPS) is 16.3. The zero-order chi connectivity index (χ0) is 22.5. The molecule has 2 amide bonds. The largest absolute Gasteiger partial charge is 0.483 e. The molecule has 2 aliphatic rings. The molecule has 0 unspecified atom stereocenters. The number of fused-ring (bicyclic) bond motifs is 1. The van der Waals surface area contributed by atoms with E-state index in [9.17, 15) is 9.59 Å². The summed E-state index contributed by atoms with van der Waals surface area (Å²) in [6, 6.07) is 11.1. The summed E-state index contributed by atoms with van der Waals surface area (Å²) in [6.45, 7) is 8.44. The summed E-state index contributed by atoms with van der Waals surface area (Å²) in [5, 5.41) is 2.84. The second-order valence-corrected chi connectivity index (χ2v) is 8.01. The number of carbonyl (C=O) groups is 2. The maximum Gasteiger partial charge on any atom is 0.265 e. The Hall–Kier alpha value is -3.10. The summed E-state index contributed by atoms with van der Waals surface area (Å²) >= 11 is 0. The monoisotopic (exact) mass is 439 g/mol. The highest BCUT2D eigenvalue weighted by atomic mass is 16.5. The van der Waals surface area contributed by atoms with E-state index in [0.29, 0.717) is 23.7 Å². The van der Waals surface area contributed by atoms with Crippen LogP contribution in [0, 0.1) is 13.8 Å².